The molecule has 106 valence electrons. The Labute approximate surface area is 125 Å². The molecule has 2 aromatic carbocycles. The second-order valence-electron chi connectivity index (χ2n) is 6.04. The predicted molar refractivity (Wildman–Crippen MR) is 83.1 cm³/mol. The standard InChI is InChI=1S/C18H18N2O/c1-17(2)12-18(13-19,20-14-8-4-3-5-9-14)15-10-6-7-11-16(15)21-17/h3-11,20H,12H2,1-2H3. The summed E-state index contributed by atoms with van der Waals surface area (Å²) in [6, 6.07) is 20.1. The summed E-state index contributed by atoms with van der Waals surface area (Å²) in [4.78, 5) is 0. The minimum atomic E-state index is -0.778. The van der Waals surface area contributed by atoms with Gasteiger partial charge in [-0.1, -0.05) is 36.4 Å². The van der Waals surface area contributed by atoms with Gasteiger partial charge in [-0.05, 0) is 32.0 Å². The molecular formula is C18H18N2O. The number of ether oxygens (including phenoxy) is 1. The fourth-order valence-electron chi connectivity index (χ4n) is 2.98. The van der Waals surface area contributed by atoms with E-state index in [9.17, 15) is 5.26 Å². The Hall–Kier alpha value is -2.47. The number of para-hydroxylation sites is 2. The Balaban J connectivity index is 2.10. The number of nitriles is 1. The first-order valence-corrected chi connectivity index (χ1v) is 7.08. The number of nitrogens with zero attached hydrogens (tertiary/aromatic N) is 1. The molecule has 0 radical (unpaired) electrons. The van der Waals surface area contributed by atoms with Gasteiger partial charge in [-0.2, -0.15) is 5.26 Å². The molecule has 3 nitrogen and oxygen atoms in total. The van der Waals surface area contributed by atoms with Crippen molar-refractivity contribution in [1.82, 2.24) is 0 Å². The van der Waals surface area contributed by atoms with Gasteiger partial charge in [0, 0.05) is 17.7 Å². The lowest BCUT2D eigenvalue weighted by Crippen LogP contribution is -2.47. The second-order valence-corrected chi connectivity index (χ2v) is 6.04. The minimum absolute atomic E-state index is 0.397. The van der Waals surface area contributed by atoms with Crippen LogP contribution in [0, 0.1) is 11.3 Å². The highest BCUT2D eigenvalue weighted by atomic mass is 16.5. The summed E-state index contributed by atoms with van der Waals surface area (Å²) >= 11 is 0. The van der Waals surface area contributed by atoms with Gasteiger partial charge in [-0.25, -0.2) is 0 Å². The molecular weight excluding hydrogens is 260 g/mol. The molecule has 21 heavy (non-hydrogen) atoms. The van der Waals surface area contributed by atoms with Gasteiger partial charge < -0.3 is 10.1 Å². The summed E-state index contributed by atoms with van der Waals surface area (Å²) < 4.78 is 6.02. The van der Waals surface area contributed by atoms with Crippen molar-refractivity contribution in [3.63, 3.8) is 0 Å². The zero-order valence-electron chi connectivity index (χ0n) is 12.3. The fourth-order valence-corrected chi connectivity index (χ4v) is 2.98. The predicted octanol–water partition coefficient (Wildman–Crippen LogP) is 4.08. The van der Waals surface area contributed by atoms with Crippen molar-refractivity contribution < 1.29 is 4.74 Å². The lowest BCUT2D eigenvalue weighted by molar-refractivity contribution is 0.0634. The number of hydrogen-bond acceptors (Lipinski definition) is 3. The molecule has 1 heterocycles. The Bertz CT molecular complexity index is 688. The van der Waals surface area contributed by atoms with Crippen LogP contribution in [0.4, 0.5) is 5.69 Å². The van der Waals surface area contributed by atoms with E-state index in [4.69, 9.17) is 4.74 Å². The van der Waals surface area contributed by atoms with Crippen molar-refractivity contribution in [2.75, 3.05) is 5.32 Å². The van der Waals surface area contributed by atoms with Crippen LogP contribution in [-0.4, -0.2) is 5.60 Å². The smallest absolute Gasteiger partial charge is 0.158 e. The average Bonchev–Trinajstić information content (AvgIpc) is 2.47. The van der Waals surface area contributed by atoms with E-state index in [1.165, 1.54) is 0 Å². The lowest BCUT2D eigenvalue weighted by Gasteiger charge is -2.43. The molecule has 0 spiro atoms. The van der Waals surface area contributed by atoms with Gasteiger partial charge in [-0.15, -0.1) is 0 Å². The lowest BCUT2D eigenvalue weighted by atomic mass is 9.78. The summed E-state index contributed by atoms with van der Waals surface area (Å²) in [7, 11) is 0. The van der Waals surface area contributed by atoms with E-state index < -0.39 is 11.1 Å². The van der Waals surface area contributed by atoms with Gasteiger partial charge >= 0.3 is 0 Å². The largest absolute Gasteiger partial charge is 0.487 e. The molecule has 1 aliphatic rings. The maximum atomic E-state index is 9.91. The van der Waals surface area contributed by atoms with Crippen molar-refractivity contribution >= 4 is 5.69 Å². The fraction of sp³-hybridized carbons (Fsp3) is 0.278. The third-order valence-electron chi connectivity index (χ3n) is 3.75. The Kier molecular flexibility index (Phi) is 3.10. The maximum Gasteiger partial charge on any atom is 0.158 e. The highest BCUT2D eigenvalue weighted by molar-refractivity contribution is 5.56. The van der Waals surface area contributed by atoms with Crippen molar-refractivity contribution in [3.05, 3.63) is 60.2 Å². The van der Waals surface area contributed by atoms with E-state index >= 15 is 0 Å². The van der Waals surface area contributed by atoms with Crippen LogP contribution < -0.4 is 10.1 Å². The van der Waals surface area contributed by atoms with Gasteiger partial charge in [0.2, 0.25) is 0 Å². The molecule has 1 aliphatic heterocycles. The van der Waals surface area contributed by atoms with E-state index in [0.29, 0.717) is 6.42 Å². The Morgan fingerprint density at radius 2 is 1.71 bits per heavy atom. The van der Waals surface area contributed by atoms with Crippen LogP contribution in [0.1, 0.15) is 25.8 Å². The first kappa shape index (κ1) is 13.5. The third-order valence-corrected chi connectivity index (χ3v) is 3.75. The van der Waals surface area contributed by atoms with Crippen molar-refractivity contribution in [2.24, 2.45) is 0 Å². The Morgan fingerprint density at radius 1 is 1.05 bits per heavy atom. The van der Waals surface area contributed by atoms with Crippen LogP contribution in [0.2, 0.25) is 0 Å². The molecule has 3 heteroatoms. The van der Waals surface area contributed by atoms with Crippen molar-refractivity contribution in [2.45, 2.75) is 31.4 Å². The van der Waals surface area contributed by atoms with E-state index in [-0.39, 0.29) is 0 Å². The van der Waals surface area contributed by atoms with E-state index in [1.54, 1.807) is 0 Å². The van der Waals surface area contributed by atoms with Crippen molar-refractivity contribution in [1.29, 1.82) is 5.26 Å². The molecule has 0 saturated carbocycles. The Morgan fingerprint density at radius 3 is 2.43 bits per heavy atom. The van der Waals surface area contributed by atoms with Gasteiger partial charge in [-0.3, -0.25) is 0 Å². The zero-order chi connectivity index (χ0) is 14.9. The van der Waals surface area contributed by atoms with Crippen LogP contribution in [0.15, 0.2) is 54.6 Å². The van der Waals surface area contributed by atoms with Crippen LogP contribution >= 0.6 is 0 Å². The molecule has 0 fully saturated rings. The van der Waals surface area contributed by atoms with Crippen molar-refractivity contribution in [3.8, 4) is 11.8 Å². The number of hydrogen-bond donors (Lipinski definition) is 1. The monoisotopic (exact) mass is 278 g/mol. The first-order chi connectivity index (χ1) is 10.0. The van der Waals surface area contributed by atoms with Crippen LogP contribution in [0.5, 0.6) is 5.75 Å². The number of benzene rings is 2. The summed E-state index contributed by atoms with van der Waals surface area (Å²) in [5.41, 5.74) is 0.660. The first-order valence-electron chi connectivity index (χ1n) is 7.08. The summed E-state index contributed by atoms with van der Waals surface area (Å²) in [5.74, 6) is 0.777. The molecule has 0 bridgehead atoms. The quantitative estimate of drug-likeness (QED) is 0.900. The summed E-state index contributed by atoms with van der Waals surface area (Å²) in [6.07, 6.45) is 0.586. The third kappa shape index (κ3) is 2.45. The normalized spacial score (nSPS) is 22.5. The molecule has 1 unspecified atom stereocenters. The molecule has 0 aromatic heterocycles. The number of nitrogens with one attached hydrogen (secondary N) is 1. The molecule has 1 atom stereocenters. The van der Waals surface area contributed by atoms with Crippen LogP contribution in [0.3, 0.4) is 0 Å². The number of rotatable bonds is 2. The van der Waals surface area contributed by atoms with E-state index in [0.717, 1.165) is 17.0 Å². The highest BCUT2D eigenvalue weighted by Crippen LogP contribution is 2.44. The molecule has 0 amide bonds. The molecule has 2 aromatic rings. The van der Waals surface area contributed by atoms with Gasteiger partial charge in [0.1, 0.15) is 11.4 Å². The molecule has 1 N–H and O–H groups in total. The van der Waals surface area contributed by atoms with Gasteiger partial charge in [0.05, 0.1) is 6.07 Å². The average molecular weight is 278 g/mol. The van der Waals surface area contributed by atoms with Crippen LogP contribution in [-0.2, 0) is 5.54 Å². The van der Waals surface area contributed by atoms with E-state index in [2.05, 4.69) is 11.4 Å². The SMILES string of the molecule is CC1(C)CC(C#N)(Nc2ccccc2)c2ccccc2O1. The summed E-state index contributed by atoms with van der Waals surface area (Å²) in [6.45, 7) is 4.03. The molecule has 0 aliphatic carbocycles. The topological polar surface area (TPSA) is 45.0 Å². The minimum Gasteiger partial charge on any atom is -0.487 e. The zero-order valence-corrected chi connectivity index (χ0v) is 12.3. The number of anilines is 1. The second kappa shape index (κ2) is 4.82. The number of fused-ring (bicyclic) bond motifs is 1. The summed E-state index contributed by atoms with van der Waals surface area (Å²) in [5, 5.41) is 13.3. The van der Waals surface area contributed by atoms with Gasteiger partial charge in [0.15, 0.2) is 5.54 Å². The maximum absolute atomic E-state index is 9.91. The van der Waals surface area contributed by atoms with Gasteiger partial charge in [0.25, 0.3) is 0 Å². The highest BCUT2D eigenvalue weighted by Gasteiger charge is 2.45. The van der Waals surface area contributed by atoms with Crippen LogP contribution in [0.25, 0.3) is 0 Å². The van der Waals surface area contributed by atoms with E-state index in [1.807, 2.05) is 68.4 Å². The molecule has 0 saturated heterocycles. The molecule has 3 rings (SSSR count).